The van der Waals surface area contributed by atoms with Gasteiger partial charge in [0.1, 0.15) is 11.6 Å². The normalized spacial score (nSPS) is 10.3. The van der Waals surface area contributed by atoms with Crippen LogP contribution < -0.4 is 10.5 Å². The van der Waals surface area contributed by atoms with Gasteiger partial charge in [0, 0.05) is 23.7 Å². The Balaban J connectivity index is 2.37. The highest BCUT2D eigenvalue weighted by atomic mass is 32.2. The van der Waals surface area contributed by atoms with E-state index in [0.29, 0.717) is 5.56 Å². The molecule has 0 aliphatic carbocycles. The monoisotopic (exact) mass is 262 g/mol. The van der Waals surface area contributed by atoms with Gasteiger partial charge in [-0.3, -0.25) is 10.1 Å². The van der Waals surface area contributed by atoms with Crippen molar-refractivity contribution >= 4 is 17.6 Å². The summed E-state index contributed by atoms with van der Waals surface area (Å²) in [4.78, 5) is 1.88. The number of nitrogen functional groups attached to an aromatic ring is 1. The first-order valence-electron chi connectivity index (χ1n) is 5.29. The molecule has 2 aromatic rings. The summed E-state index contributed by atoms with van der Waals surface area (Å²) in [6.07, 6.45) is 3.68. The number of amidine groups is 1. The molecule has 0 unspecified atom stereocenters. The van der Waals surface area contributed by atoms with Crippen LogP contribution in [0.4, 0.5) is 0 Å². The van der Waals surface area contributed by atoms with Crippen LogP contribution in [0.3, 0.4) is 0 Å². The molecule has 1 heterocycles. The molecular formula is C12H14N4OS. The molecule has 2 rings (SSSR count). The van der Waals surface area contributed by atoms with Crippen LogP contribution in [0, 0.1) is 5.41 Å². The number of ether oxygens (including phenoxy) is 1. The van der Waals surface area contributed by atoms with Crippen LogP contribution in [-0.2, 0) is 7.05 Å². The average Bonchev–Trinajstić information content (AvgIpc) is 2.74. The van der Waals surface area contributed by atoms with Crippen molar-refractivity contribution in [3.05, 3.63) is 36.2 Å². The van der Waals surface area contributed by atoms with Crippen molar-refractivity contribution in [2.75, 3.05) is 7.11 Å². The zero-order chi connectivity index (χ0) is 13.1. The third kappa shape index (κ3) is 2.65. The Morgan fingerprint density at radius 1 is 1.50 bits per heavy atom. The lowest BCUT2D eigenvalue weighted by atomic mass is 10.2. The average molecular weight is 262 g/mol. The molecule has 0 aliphatic heterocycles. The van der Waals surface area contributed by atoms with E-state index < -0.39 is 0 Å². The molecule has 0 saturated carbocycles. The van der Waals surface area contributed by atoms with Crippen LogP contribution in [0.2, 0.25) is 0 Å². The standard InChI is InChI=1S/C12H14N4OS/c1-16-7-9(6-15-16)18-11-5-8(17-2)3-4-10(11)12(13)14/h3-7H,1-2H3,(H3,13,14). The lowest BCUT2D eigenvalue weighted by molar-refractivity contribution is 0.413. The predicted octanol–water partition coefficient (Wildman–Crippen LogP) is 1.86. The van der Waals surface area contributed by atoms with E-state index in [-0.39, 0.29) is 5.84 Å². The highest BCUT2D eigenvalue weighted by Gasteiger charge is 2.09. The van der Waals surface area contributed by atoms with Crippen LogP contribution in [0.5, 0.6) is 5.75 Å². The Kier molecular flexibility index (Phi) is 3.57. The molecule has 1 aromatic carbocycles. The minimum Gasteiger partial charge on any atom is -0.497 e. The van der Waals surface area contributed by atoms with E-state index in [1.165, 1.54) is 11.8 Å². The summed E-state index contributed by atoms with van der Waals surface area (Å²) in [6.45, 7) is 0. The van der Waals surface area contributed by atoms with Crippen molar-refractivity contribution in [3.8, 4) is 5.75 Å². The molecule has 6 heteroatoms. The molecule has 0 saturated heterocycles. The first-order valence-corrected chi connectivity index (χ1v) is 6.10. The Labute approximate surface area is 109 Å². The van der Waals surface area contributed by atoms with Crippen LogP contribution >= 0.6 is 11.8 Å². The van der Waals surface area contributed by atoms with Gasteiger partial charge in [-0.1, -0.05) is 11.8 Å². The first-order chi connectivity index (χ1) is 8.60. The highest BCUT2D eigenvalue weighted by molar-refractivity contribution is 7.99. The molecule has 94 valence electrons. The number of nitrogens with one attached hydrogen (secondary N) is 1. The quantitative estimate of drug-likeness (QED) is 0.651. The van der Waals surface area contributed by atoms with Gasteiger partial charge in [-0.2, -0.15) is 5.10 Å². The van der Waals surface area contributed by atoms with E-state index in [0.717, 1.165) is 15.5 Å². The lowest BCUT2D eigenvalue weighted by Crippen LogP contribution is -2.12. The van der Waals surface area contributed by atoms with Crippen molar-refractivity contribution in [2.45, 2.75) is 9.79 Å². The zero-order valence-electron chi connectivity index (χ0n) is 10.2. The summed E-state index contributed by atoms with van der Waals surface area (Å²) >= 11 is 1.51. The van der Waals surface area contributed by atoms with Gasteiger partial charge in [-0.15, -0.1) is 0 Å². The minimum atomic E-state index is 0.0454. The van der Waals surface area contributed by atoms with Crippen LogP contribution in [0.1, 0.15) is 5.56 Å². The molecule has 3 N–H and O–H groups in total. The fourth-order valence-corrected chi connectivity index (χ4v) is 2.54. The minimum absolute atomic E-state index is 0.0454. The highest BCUT2D eigenvalue weighted by Crippen LogP contribution is 2.32. The van der Waals surface area contributed by atoms with Gasteiger partial charge in [0.15, 0.2) is 0 Å². The second-order valence-corrected chi connectivity index (χ2v) is 4.84. The molecule has 0 bridgehead atoms. The van der Waals surface area contributed by atoms with Crippen LogP contribution in [0.25, 0.3) is 0 Å². The number of nitrogens with zero attached hydrogens (tertiary/aromatic N) is 2. The smallest absolute Gasteiger partial charge is 0.123 e. The number of aromatic nitrogens is 2. The van der Waals surface area contributed by atoms with Crippen molar-refractivity contribution in [1.82, 2.24) is 9.78 Å². The topological polar surface area (TPSA) is 76.9 Å². The number of benzene rings is 1. The van der Waals surface area contributed by atoms with E-state index in [1.807, 2.05) is 19.3 Å². The van der Waals surface area contributed by atoms with Gasteiger partial charge in [0.05, 0.1) is 18.2 Å². The molecule has 1 aromatic heterocycles. The number of hydrogen-bond donors (Lipinski definition) is 2. The third-order valence-corrected chi connectivity index (χ3v) is 3.39. The van der Waals surface area contributed by atoms with Crippen molar-refractivity contribution in [1.29, 1.82) is 5.41 Å². The van der Waals surface area contributed by atoms with E-state index >= 15 is 0 Å². The zero-order valence-corrected chi connectivity index (χ0v) is 11.0. The molecule has 0 atom stereocenters. The van der Waals surface area contributed by atoms with Crippen molar-refractivity contribution < 1.29 is 4.74 Å². The second-order valence-electron chi connectivity index (χ2n) is 3.73. The Bertz CT molecular complexity index is 579. The third-order valence-electron chi connectivity index (χ3n) is 2.39. The Morgan fingerprint density at radius 3 is 2.83 bits per heavy atom. The van der Waals surface area contributed by atoms with Crippen molar-refractivity contribution in [2.24, 2.45) is 12.8 Å². The molecule has 0 fully saturated rings. The summed E-state index contributed by atoms with van der Waals surface area (Å²) in [5.74, 6) is 0.787. The molecule has 18 heavy (non-hydrogen) atoms. The Hall–Kier alpha value is -1.95. The number of methoxy groups -OCH3 is 1. The molecule has 0 radical (unpaired) electrons. The molecule has 0 spiro atoms. The van der Waals surface area contributed by atoms with Crippen LogP contribution in [-0.4, -0.2) is 22.7 Å². The maximum Gasteiger partial charge on any atom is 0.123 e. The van der Waals surface area contributed by atoms with Gasteiger partial charge in [-0.25, -0.2) is 0 Å². The lowest BCUT2D eigenvalue weighted by Gasteiger charge is -2.08. The van der Waals surface area contributed by atoms with E-state index in [4.69, 9.17) is 15.9 Å². The van der Waals surface area contributed by atoms with Gasteiger partial charge < -0.3 is 10.5 Å². The summed E-state index contributed by atoms with van der Waals surface area (Å²) < 4.78 is 6.92. The SMILES string of the molecule is COc1ccc(C(=N)N)c(Sc2cnn(C)c2)c1. The van der Waals surface area contributed by atoms with E-state index in [2.05, 4.69) is 5.10 Å². The maximum absolute atomic E-state index is 7.58. The number of rotatable bonds is 4. The largest absolute Gasteiger partial charge is 0.497 e. The number of hydrogen-bond acceptors (Lipinski definition) is 4. The van der Waals surface area contributed by atoms with Crippen LogP contribution in [0.15, 0.2) is 40.4 Å². The summed E-state index contributed by atoms with van der Waals surface area (Å²) in [6, 6.07) is 5.46. The Morgan fingerprint density at radius 2 is 2.28 bits per heavy atom. The number of aryl methyl sites for hydroxylation is 1. The summed E-state index contributed by atoms with van der Waals surface area (Å²) in [5.41, 5.74) is 6.27. The van der Waals surface area contributed by atoms with E-state index in [1.54, 1.807) is 30.1 Å². The van der Waals surface area contributed by atoms with Gasteiger partial charge >= 0.3 is 0 Å². The second kappa shape index (κ2) is 5.14. The van der Waals surface area contributed by atoms with Crippen molar-refractivity contribution in [3.63, 3.8) is 0 Å². The summed E-state index contributed by atoms with van der Waals surface area (Å²) in [5, 5.41) is 11.7. The fourth-order valence-electron chi connectivity index (χ4n) is 1.52. The molecule has 0 amide bonds. The molecule has 5 nitrogen and oxygen atoms in total. The predicted molar refractivity (Wildman–Crippen MR) is 71.3 cm³/mol. The van der Waals surface area contributed by atoms with Gasteiger partial charge in [0.2, 0.25) is 0 Å². The first kappa shape index (κ1) is 12.5. The van der Waals surface area contributed by atoms with Gasteiger partial charge in [-0.05, 0) is 18.2 Å². The maximum atomic E-state index is 7.58. The molecular weight excluding hydrogens is 248 g/mol. The summed E-state index contributed by atoms with van der Waals surface area (Å²) in [7, 11) is 3.48. The number of nitrogens with two attached hydrogens (primary N) is 1. The van der Waals surface area contributed by atoms with Gasteiger partial charge in [0.25, 0.3) is 0 Å². The molecule has 0 aliphatic rings. The fraction of sp³-hybridized carbons (Fsp3) is 0.167. The van der Waals surface area contributed by atoms with E-state index in [9.17, 15) is 0 Å².